The molecule has 0 amide bonds. The van der Waals surface area contributed by atoms with E-state index < -0.39 is 0 Å². The summed E-state index contributed by atoms with van der Waals surface area (Å²) >= 11 is 0. The number of nitrogens with one attached hydrogen (secondary N) is 1. The molecule has 0 saturated carbocycles. The van der Waals surface area contributed by atoms with Crippen LogP contribution in [0.25, 0.3) is 0 Å². The Labute approximate surface area is 107 Å². The van der Waals surface area contributed by atoms with Gasteiger partial charge in [0.25, 0.3) is 0 Å². The van der Waals surface area contributed by atoms with Gasteiger partial charge in [0.2, 0.25) is 0 Å². The average Bonchev–Trinajstić information content (AvgIpc) is 2.38. The molecule has 0 aromatic heterocycles. The van der Waals surface area contributed by atoms with Gasteiger partial charge in [0.15, 0.2) is 0 Å². The van der Waals surface area contributed by atoms with Gasteiger partial charge in [0, 0.05) is 18.3 Å². The van der Waals surface area contributed by atoms with Crippen molar-refractivity contribution in [2.75, 3.05) is 11.9 Å². The van der Waals surface area contributed by atoms with Gasteiger partial charge in [-0.05, 0) is 38.0 Å². The molecule has 1 aliphatic rings. The highest BCUT2D eigenvalue weighted by Crippen LogP contribution is 2.20. The first-order chi connectivity index (χ1) is 8.72. The Morgan fingerprint density at radius 1 is 1.28 bits per heavy atom. The first-order valence-electron chi connectivity index (χ1n) is 6.05. The topological polar surface area (TPSA) is 68.8 Å². The third-order valence-electron chi connectivity index (χ3n) is 3.12. The first-order valence-corrected chi connectivity index (χ1v) is 6.05. The fourth-order valence-corrected chi connectivity index (χ4v) is 2.19. The largest absolute Gasteiger partial charge is 0.382 e. The summed E-state index contributed by atoms with van der Waals surface area (Å²) in [4.78, 5) is 0. The molecule has 1 fully saturated rings. The van der Waals surface area contributed by atoms with Crippen molar-refractivity contribution in [1.82, 2.24) is 0 Å². The number of ether oxygens (including phenoxy) is 1. The number of hydrogen-bond donors (Lipinski definition) is 1. The maximum atomic E-state index is 8.97. The second-order valence-electron chi connectivity index (χ2n) is 4.53. The van der Waals surface area contributed by atoms with E-state index in [1.807, 2.05) is 18.2 Å². The quantitative estimate of drug-likeness (QED) is 0.863. The molecule has 0 bridgehead atoms. The molecule has 18 heavy (non-hydrogen) atoms. The summed E-state index contributed by atoms with van der Waals surface area (Å²) in [6.45, 7) is 2.83. The van der Waals surface area contributed by atoms with Gasteiger partial charge in [-0.15, -0.1) is 0 Å². The first kappa shape index (κ1) is 12.4. The zero-order valence-electron chi connectivity index (χ0n) is 10.3. The predicted octanol–water partition coefficient (Wildman–Crippen LogP) is 2.41. The predicted molar refractivity (Wildman–Crippen MR) is 67.9 cm³/mol. The summed E-state index contributed by atoms with van der Waals surface area (Å²) in [6, 6.07) is 9.69. The van der Waals surface area contributed by atoms with Gasteiger partial charge in [-0.1, -0.05) is 0 Å². The molecule has 0 radical (unpaired) electrons. The molecule has 4 heteroatoms. The van der Waals surface area contributed by atoms with E-state index in [1.165, 1.54) is 0 Å². The Morgan fingerprint density at radius 3 is 2.72 bits per heavy atom. The highest BCUT2D eigenvalue weighted by Gasteiger charge is 2.19. The molecule has 92 valence electrons. The summed E-state index contributed by atoms with van der Waals surface area (Å²) in [7, 11) is 0. The van der Waals surface area contributed by atoms with Gasteiger partial charge in [0.05, 0.1) is 17.2 Å². The van der Waals surface area contributed by atoms with Gasteiger partial charge in [0.1, 0.15) is 12.1 Å². The van der Waals surface area contributed by atoms with E-state index in [2.05, 4.69) is 12.2 Å². The standard InChI is InChI=1S/C14H15N3O/c1-10-6-14(4-5-18-10)17-13-3-2-11(8-15)12(7-13)9-16/h2-3,7,10,14,17H,4-6H2,1H3. The Balaban J connectivity index is 2.10. The molecule has 1 aliphatic heterocycles. The van der Waals surface area contributed by atoms with Gasteiger partial charge >= 0.3 is 0 Å². The van der Waals surface area contributed by atoms with Crippen molar-refractivity contribution >= 4 is 5.69 Å². The minimum atomic E-state index is 0.269. The van der Waals surface area contributed by atoms with Gasteiger partial charge in [-0.3, -0.25) is 0 Å². The van der Waals surface area contributed by atoms with Gasteiger partial charge in [-0.25, -0.2) is 0 Å². The zero-order chi connectivity index (χ0) is 13.0. The summed E-state index contributed by atoms with van der Waals surface area (Å²) in [5.74, 6) is 0. The second kappa shape index (κ2) is 5.53. The van der Waals surface area contributed by atoms with E-state index in [9.17, 15) is 0 Å². The van der Waals surface area contributed by atoms with Crippen molar-refractivity contribution in [2.45, 2.75) is 31.9 Å². The van der Waals surface area contributed by atoms with Crippen LogP contribution in [0.2, 0.25) is 0 Å². The Morgan fingerprint density at radius 2 is 2.06 bits per heavy atom. The lowest BCUT2D eigenvalue weighted by atomic mass is 10.0. The number of benzene rings is 1. The molecule has 0 spiro atoms. The molecule has 2 atom stereocenters. The molecule has 2 unspecified atom stereocenters. The van der Waals surface area contributed by atoms with E-state index in [0.717, 1.165) is 25.1 Å². The van der Waals surface area contributed by atoms with Crippen LogP contribution in [-0.4, -0.2) is 18.8 Å². The molecule has 1 N–H and O–H groups in total. The molecule has 1 aromatic carbocycles. The highest BCUT2D eigenvalue weighted by atomic mass is 16.5. The van der Waals surface area contributed by atoms with Crippen LogP contribution in [0.3, 0.4) is 0 Å². The van der Waals surface area contributed by atoms with Crippen LogP contribution in [-0.2, 0) is 4.74 Å². The normalized spacial score (nSPS) is 22.8. The summed E-state index contributed by atoms with van der Waals surface area (Å²) in [5, 5.41) is 21.2. The molecule has 0 aliphatic carbocycles. The molecule has 4 nitrogen and oxygen atoms in total. The van der Waals surface area contributed by atoms with Crippen LogP contribution in [0.5, 0.6) is 0 Å². The van der Waals surface area contributed by atoms with Crippen molar-refractivity contribution in [3.63, 3.8) is 0 Å². The van der Waals surface area contributed by atoms with Crippen LogP contribution < -0.4 is 5.32 Å². The number of rotatable bonds is 2. The van der Waals surface area contributed by atoms with Crippen LogP contribution >= 0.6 is 0 Å². The average molecular weight is 241 g/mol. The van der Waals surface area contributed by atoms with Crippen molar-refractivity contribution in [1.29, 1.82) is 10.5 Å². The molecule has 1 aromatic rings. The number of nitriles is 2. The van der Waals surface area contributed by atoms with Crippen molar-refractivity contribution < 1.29 is 4.74 Å². The second-order valence-corrected chi connectivity index (χ2v) is 4.53. The molecular formula is C14H15N3O. The summed E-state index contributed by atoms with van der Waals surface area (Å²) < 4.78 is 5.49. The number of hydrogen-bond acceptors (Lipinski definition) is 4. The van der Waals surface area contributed by atoms with Crippen molar-refractivity contribution in [3.8, 4) is 12.1 Å². The van der Waals surface area contributed by atoms with Crippen LogP contribution in [0, 0.1) is 22.7 Å². The Kier molecular flexibility index (Phi) is 3.82. The lowest BCUT2D eigenvalue weighted by Crippen LogP contribution is -2.32. The highest BCUT2D eigenvalue weighted by molar-refractivity contribution is 5.56. The Hall–Kier alpha value is -2.04. The summed E-state index contributed by atoms with van der Waals surface area (Å²) in [5.41, 5.74) is 1.73. The van der Waals surface area contributed by atoms with Crippen LogP contribution in [0.4, 0.5) is 5.69 Å². The molecule has 1 heterocycles. The van der Waals surface area contributed by atoms with E-state index in [1.54, 1.807) is 12.1 Å². The summed E-state index contributed by atoms with van der Waals surface area (Å²) in [6.07, 6.45) is 2.19. The van der Waals surface area contributed by atoms with E-state index in [0.29, 0.717) is 17.2 Å². The third kappa shape index (κ3) is 2.80. The molecule has 1 saturated heterocycles. The van der Waals surface area contributed by atoms with Crippen molar-refractivity contribution in [3.05, 3.63) is 29.3 Å². The zero-order valence-corrected chi connectivity index (χ0v) is 10.3. The fourth-order valence-electron chi connectivity index (χ4n) is 2.19. The SMILES string of the molecule is CC1CC(Nc2ccc(C#N)c(C#N)c2)CCO1. The molecular weight excluding hydrogens is 226 g/mol. The smallest absolute Gasteiger partial charge is 0.101 e. The van der Waals surface area contributed by atoms with Crippen LogP contribution in [0.15, 0.2) is 18.2 Å². The third-order valence-corrected chi connectivity index (χ3v) is 3.12. The number of anilines is 1. The van der Waals surface area contributed by atoms with Gasteiger partial charge in [-0.2, -0.15) is 10.5 Å². The molecule has 2 rings (SSSR count). The maximum Gasteiger partial charge on any atom is 0.101 e. The lowest BCUT2D eigenvalue weighted by Gasteiger charge is -2.28. The Bertz CT molecular complexity index is 513. The monoisotopic (exact) mass is 241 g/mol. The number of nitrogens with zero attached hydrogens (tertiary/aromatic N) is 2. The van der Waals surface area contributed by atoms with E-state index in [-0.39, 0.29) is 6.10 Å². The lowest BCUT2D eigenvalue weighted by molar-refractivity contribution is 0.0232. The maximum absolute atomic E-state index is 8.97. The minimum absolute atomic E-state index is 0.269. The fraction of sp³-hybridized carbons (Fsp3) is 0.429. The van der Waals surface area contributed by atoms with E-state index >= 15 is 0 Å². The van der Waals surface area contributed by atoms with Crippen molar-refractivity contribution in [2.24, 2.45) is 0 Å². The van der Waals surface area contributed by atoms with Gasteiger partial charge < -0.3 is 10.1 Å². The van der Waals surface area contributed by atoms with Crippen LogP contribution in [0.1, 0.15) is 30.9 Å². The van der Waals surface area contributed by atoms with E-state index in [4.69, 9.17) is 15.3 Å². The minimum Gasteiger partial charge on any atom is -0.382 e.